The summed E-state index contributed by atoms with van der Waals surface area (Å²) in [5.74, 6) is -1.41. The molecule has 1 aromatic heterocycles. The highest BCUT2D eigenvalue weighted by Crippen LogP contribution is 2.33. The minimum atomic E-state index is -3.59. The van der Waals surface area contributed by atoms with Gasteiger partial charge in [-0.1, -0.05) is 18.9 Å². The number of nitrogens with zero attached hydrogens (tertiary/aromatic N) is 1. The van der Waals surface area contributed by atoms with Crippen LogP contribution in [0.1, 0.15) is 37.0 Å². The summed E-state index contributed by atoms with van der Waals surface area (Å²) in [6, 6.07) is 12.4. The average molecular weight is 520 g/mol. The van der Waals surface area contributed by atoms with Gasteiger partial charge in [-0.05, 0) is 67.3 Å². The zero-order valence-electron chi connectivity index (χ0n) is 18.8. The van der Waals surface area contributed by atoms with Gasteiger partial charge in [0.25, 0.3) is 0 Å². The molecule has 3 N–H and O–H groups in total. The molecule has 1 unspecified atom stereocenters. The number of nitriles is 1. The van der Waals surface area contributed by atoms with E-state index in [1.807, 2.05) is 23.6 Å². The molecule has 0 saturated heterocycles. The molecule has 1 heterocycles. The number of nitrogens with two attached hydrogens (primary N) is 1. The van der Waals surface area contributed by atoms with Gasteiger partial charge in [-0.3, -0.25) is 9.59 Å². The lowest BCUT2D eigenvalue weighted by Crippen LogP contribution is -2.39. The summed E-state index contributed by atoms with van der Waals surface area (Å²) in [5.41, 5.74) is 5.59. The molecule has 10 heteroatoms. The zero-order chi connectivity index (χ0) is 24.6. The molecule has 1 fully saturated rings. The molecule has 0 spiro atoms. The van der Waals surface area contributed by atoms with Crippen molar-refractivity contribution in [1.82, 2.24) is 5.32 Å². The van der Waals surface area contributed by atoms with E-state index in [1.165, 1.54) is 16.6 Å². The number of carbonyl (C=O) groups excluding carboxylic acids is 2. The number of hydrogen-bond acceptors (Lipinski definition) is 7. The molecule has 0 radical (unpaired) electrons. The van der Waals surface area contributed by atoms with Crippen molar-refractivity contribution in [3.8, 4) is 6.07 Å². The number of hydrogen-bond donors (Lipinski definition) is 2. The number of benzene rings is 1. The highest BCUT2D eigenvalue weighted by molar-refractivity contribution is 8.00. The second kappa shape index (κ2) is 12.4. The van der Waals surface area contributed by atoms with Crippen molar-refractivity contribution in [3.63, 3.8) is 0 Å². The Bertz CT molecular complexity index is 1110. The van der Waals surface area contributed by atoms with E-state index >= 15 is 0 Å². The van der Waals surface area contributed by atoms with Gasteiger partial charge in [0.2, 0.25) is 11.8 Å². The van der Waals surface area contributed by atoms with E-state index in [0.29, 0.717) is 19.3 Å². The van der Waals surface area contributed by atoms with E-state index < -0.39 is 26.9 Å². The van der Waals surface area contributed by atoms with Gasteiger partial charge >= 0.3 is 0 Å². The third kappa shape index (κ3) is 7.32. The molecule has 1 aliphatic carbocycles. The number of sulfone groups is 1. The van der Waals surface area contributed by atoms with Gasteiger partial charge in [0.15, 0.2) is 9.84 Å². The SMILES string of the molecule is N#CCNC(=O)[C@H]1CCCC[C@@H]1CS(=O)(=O)c1ccc(SC(CCc2cccs2)C(N)=O)cc1. The van der Waals surface area contributed by atoms with Crippen LogP contribution in [0.4, 0.5) is 0 Å². The highest BCUT2D eigenvalue weighted by Gasteiger charge is 2.34. The van der Waals surface area contributed by atoms with E-state index in [2.05, 4.69) is 5.32 Å². The van der Waals surface area contributed by atoms with Crippen molar-refractivity contribution in [2.45, 2.75) is 53.6 Å². The van der Waals surface area contributed by atoms with E-state index in [9.17, 15) is 18.0 Å². The molecule has 3 rings (SSSR count). The Labute approximate surface area is 209 Å². The van der Waals surface area contributed by atoms with Crippen molar-refractivity contribution < 1.29 is 18.0 Å². The van der Waals surface area contributed by atoms with Crippen molar-refractivity contribution in [2.24, 2.45) is 17.6 Å². The Morgan fingerprint density at radius 3 is 2.59 bits per heavy atom. The fraction of sp³-hybridized carbons (Fsp3) is 0.458. The monoisotopic (exact) mass is 519 g/mol. The van der Waals surface area contributed by atoms with Crippen molar-refractivity contribution >= 4 is 44.8 Å². The maximum atomic E-state index is 13.1. The molecule has 2 amide bonds. The number of primary amides is 1. The van der Waals surface area contributed by atoms with E-state index in [-0.39, 0.29) is 29.0 Å². The maximum Gasteiger partial charge on any atom is 0.230 e. The van der Waals surface area contributed by atoms with Gasteiger partial charge < -0.3 is 11.1 Å². The molecule has 182 valence electrons. The summed E-state index contributed by atoms with van der Waals surface area (Å²) in [7, 11) is -3.59. The third-order valence-corrected chi connectivity index (χ3v) is 10.1. The van der Waals surface area contributed by atoms with Crippen LogP contribution in [-0.2, 0) is 25.8 Å². The smallest absolute Gasteiger partial charge is 0.230 e. The first kappa shape index (κ1) is 26.3. The zero-order valence-corrected chi connectivity index (χ0v) is 21.3. The predicted molar refractivity (Wildman–Crippen MR) is 134 cm³/mol. The van der Waals surface area contributed by atoms with Crippen molar-refractivity contribution in [3.05, 3.63) is 46.7 Å². The Morgan fingerprint density at radius 2 is 1.94 bits per heavy atom. The summed E-state index contributed by atoms with van der Waals surface area (Å²) >= 11 is 2.98. The van der Waals surface area contributed by atoms with Gasteiger partial charge in [-0.25, -0.2) is 8.42 Å². The van der Waals surface area contributed by atoms with Gasteiger partial charge in [-0.2, -0.15) is 5.26 Å². The van der Waals surface area contributed by atoms with Gasteiger partial charge in [0.05, 0.1) is 22.0 Å². The van der Waals surface area contributed by atoms with Crippen LogP contribution in [0, 0.1) is 23.2 Å². The standard InChI is InChI=1S/C24H29N3O4S3/c25-13-14-27-24(29)21-6-2-1-4-17(21)16-34(30,31)20-10-7-19(8-11-20)33-22(23(26)28)12-9-18-5-3-15-32-18/h3,5,7-8,10-11,15,17,21-22H,1-2,4,6,9,12,14,16H2,(H2,26,28)(H,27,29)/t17-,21+,22?/m1/s1. The predicted octanol–water partition coefficient (Wildman–Crippen LogP) is 3.55. The number of carbonyl (C=O) groups is 2. The first-order valence-electron chi connectivity index (χ1n) is 11.3. The Hall–Kier alpha value is -2.35. The summed E-state index contributed by atoms with van der Waals surface area (Å²) in [4.78, 5) is 26.5. The van der Waals surface area contributed by atoms with E-state index in [1.54, 1.807) is 35.6 Å². The van der Waals surface area contributed by atoms with Crippen LogP contribution < -0.4 is 11.1 Å². The lowest BCUT2D eigenvalue weighted by Gasteiger charge is -2.30. The molecule has 1 saturated carbocycles. The number of amides is 2. The fourth-order valence-electron chi connectivity index (χ4n) is 4.27. The highest BCUT2D eigenvalue weighted by atomic mass is 32.2. The van der Waals surface area contributed by atoms with Crippen molar-refractivity contribution in [2.75, 3.05) is 12.3 Å². The quantitative estimate of drug-likeness (QED) is 0.345. The molecule has 2 aromatic rings. The number of nitrogens with one attached hydrogen (secondary N) is 1. The first-order chi connectivity index (χ1) is 16.3. The topological polar surface area (TPSA) is 130 Å². The first-order valence-corrected chi connectivity index (χ1v) is 14.7. The maximum absolute atomic E-state index is 13.1. The Kier molecular flexibility index (Phi) is 9.56. The number of aryl methyl sites for hydroxylation is 1. The summed E-state index contributed by atoms with van der Waals surface area (Å²) in [6.45, 7) is -0.0758. The fourth-order valence-corrected chi connectivity index (χ4v) is 7.67. The minimum absolute atomic E-state index is 0.0758. The van der Waals surface area contributed by atoms with Crippen LogP contribution in [0.25, 0.3) is 0 Å². The lowest BCUT2D eigenvalue weighted by atomic mass is 9.80. The molecule has 1 aliphatic rings. The van der Waals surface area contributed by atoms with Gasteiger partial charge in [-0.15, -0.1) is 23.1 Å². The van der Waals surface area contributed by atoms with E-state index in [0.717, 1.165) is 24.2 Å². The molecule has 0 bridgehead atoms. The van der Waals surface area contributed by atoms with Crippen LogP contribution in [0.2, 0.25) is 0 Å². The summed E-state index contributed by atoms with van der Waals surface area (Å²) in [5, 5.41) is 12.9. The molecule has 0 aliphatic heterocycles. The Morgan fingerprint density at radius 1 is 1.21 bits per heavy atom. The average Bonchev–Trinajstić information content (AvgIpc) is 3.34. The number of thioether (sulfide) groups is 1. The van der Waals surface area contributed by atoms with Crippen LogP contribution in [0.15, 0.2) is 51.6 Å². The van der Waals surface area contributed by atoms with Crippen LogP contribution >= 0.6 is 23.1 Å². The lowest BCUT2D eigenvalue weighted by molar-refractivity contribution is -0.127. The van der Waals surface area contributed by atoms with E-state index in [4.69, 9.17) is 11.0 Å². The number of rotatable bonds is 11. The molecular formula is C24H29N3O4S3. The second-order valence-electron chi connectivity index (χ2n) is 8.41. The van der Waals surface area contributed by atoms with Gasteiger partial charge in [0.1, 0.15) is 6.54 Å². The molecule has 34 heavy (non-hydrogen) atoms. The van der Waals surface area contributed by atoms with Crippen molar-refractivity contribution in [1.29, 1.82) is 5.26 Å². The molecule has 7 nitrogen and oxygen atoms in total. The van der Waals surface area contributed by atoms with Crippen LogP contribution in [0.5, 0.6) is 0 Å². The molecule has 3 atom stereocenters. The molecular weight excluding hydrogens is 490 g/mol. The summed E-state index contributed by atoms with van der Waals surface area (Å²) < 4.78 is 26.2. The number of thiophene rings is 1. The normalized spacial score (nSPS) is 19.1. The molecule has 1 aromatic carbocycles. The third-order valence-electron chi connectivity index (χ3n) is 6.03. The summed E-state index contributed by atoms with van der Waals surface area (Å²) in [6.07, 6.45) is 4.43. The second-order valence-corrected chi connectivity index (χ2v) is 12.7. The van der Waals surface area contributed by atoms with Crippen LogP contribution in [0.3, 0.4) is 0 Å². The Balaban J connectivity index is 1.64. The van der Waals surface area contributed by atoms with Gasteiger partial charge in [0, 0.05) is 15.7 Å². The van der Waals surface area contributed by atoms with Crippen LogP contribution in [-0.4, -0.2) is 37.8 Å². The minimum Gasteiger partial charge on any atom is -0.369 e. The largest absolute Gasteiger partial charge is 0.369 e.